The molecule has 0 saturated carbocycles. The van der Waals surface area contributed by atoms with E-state index in [0.717, 1.165) is 35.1 Å². The molecule has 0 bridgehead atoms. The SMILES string of the molecule is c1ccc(CCNCc2ncc(-c3ccccn3)s2)cc1. The van der Waals surface area contributed by atoms with Gasteiger partial charge in [0, 0.05) is 18.9 Å². The third kappa shape index (κ3) is 3.97. The minimum Gasteiger partial charge on any atom is -0.310 e. The van der Waals surface area contributed by atoms with Crippen LogP contribution in [0.25, 0.3) is 10.6 Å². The Labute approximate surface area is 128 Å². The van der Waals surface area contributed by atoms with E-state index in [-0.39, 0.29) is 0 Å². The Morgan fingerprint density at radius 2 is 1.81 bits per heavy atom. The van der Waals surface area contributed by atoms with Gasteiger partial charge in [0.05, 0.1) is 10.6 Å². The quantitative estimate of drug-likeness (QED) is 0.707. The number of thiazole rings is 1. The van der Waals surface area contributed by atoms with Crippen LogP contribution in [0.1, 0.15) is 10.6 Å². The number of aromatic nitrogens is 2. The molecule has 0 spiro atoms. The van der Waals surface area contributed by atoms with Gasteiger partial charge in [-0.2, -0.15) is 0 Å². The number of hydrogen-bond donors (Lipinski definition) is 1. The van der Waals surface area contributed by atoms with E-state index in [0.29, 0.717) is 0 Å². The van der Waals surface area contributed by atoms with Gasteiger partial charge in [-0.3, -0.25) is 4.98 Å². The molecule has 4 heteroatoms. The fourth-order valence-corrected chi connectivity index (χ4v) is 2.96. The predicted molar refractivity (Wildman–Crippen MR) is 87.2 cm³/mol. The Hall–Kier alpha value is -2.04. The number of benzene rings is 1. The maximum atomic E-state index is 4.45. The van der Waals surface area contributed by atoms with Gasteiger partial charge < -0.3 is 5.32 Å². The number of nitrogens with one attached hydrogen (secondary N) is 1. The molecular formula is C17H17N3S. The van der Waals surface area contributed by atoms with Crippen LogP contribution < -0.4 is 5.32 Å². The van der Waals surface area contributed by atoms with Crippen molar-refractivity contribution in [1.29, 1.82) is 0 Å². The molecule has 0 fully saturated rings. The molecule has 0 unspecified atom stereocenters. The first-order valence-electron chi connectivity index (χ1n) is 7.02. The fourth-order valence-electron chi connectivity index (χ4n) is 2.09. The number of hydrogen-bond acceptors (Lipinski definition) is 4. The lowest BCUT2D eigenvalue weighted by atomic mass is 10.1. The Balaban J connectivity index is 1.49. The molecule has 0 aliphatic carbocycles. The number of nitrogens with zero attached hydrogens (tertiary/aromatic N) is 2. The average Bonchev–Trinajstić information content (AvgIpc) is 3.02. The van der Waals surface area contributed by atoms with Gasteiger partial charge in [0.2, 0.25) is 0 Å². The van der Waals surface area contributed by atoms with Crippen LogP contribution in [0, 0.1) is 0 Å². The topological polar surface area (TPSA) is 37.8 Å². The van der Waals surface area contributed by atoms with E-state index in [9.17, 15) is 0 Å². The zero-order chi connectivity index (χ0) is 14.3. The summed E-state index contributed by atoms with van der Waals surface area (Å²) >= 11 is 1.70. The van der Waals surface area contributed by atoms with Crippen LogP contribution in [0.5, 0.6) is 0 Å². The molecule has 106 valence electrons. The van der Waals surface area contributed by atoms with Crippen molar-refractivity contribution in [1.82, 2.24) is 15.3 Å². The Kier molecular flexibility index (Phi) is 4.71. The van der Waals surface area contributed by atoms with Crippen molar-refractivity contribution in [2.45, 2.75) is 13.0 Å². The lowest BCUT2D eigenvalue weighted by Gasteiger charge is -2.02. The smallest absolute Gasteiger partial charge is 0.107 e. The molecule has 0 amide bonds. The second-order valence-corrected chi connectivity index (χ2v) is 5.86. The van der Waals surface area contributed by atoms with Crippen molar-refractivity contribution in [2.24, 2.45) is 0 Å². The second kappa shape index (κ2) is 7.11. The molecule has 2 aromatic heterocycles. The van der Waals surface area contributed by atoms with Crippen LogP contribution in [0.4, 0.5) is 0 Å². The van der Waals surface area contributed by atoms with Gasteiger partial charge in [-0.15, -0.1) is 11.3 Å². The minimum absolute atomic E-state index is 0.810. The van der Waals surface area contributed by atoms with Crippen LogP contribution in [-0.2, 0) is 13.0 Å². The van der Waals surface area contributed by atoms with Crippen LogP contribution in [0.2, 0.25) is 0 Å². The highest BCUT2D eigenvalue weighted by molar-refractivity contribution is 7.15. The maximum Gasteiger partial charge on any atom is 0.107 e. The van der Waals surface area contributed by atoms with Gasteiger partial charge in [0.15, 0.2) is 0 Å². The molecule has 0 aliphatic heterocycles. The Bertz CT molecular complexity index is 665. The summed E-state index contributed by atoms with van der Waals surface area (Å²) in [5.74, 6) is 0. The highest BCUT2D eigenvalue weighted by atomic mass is 32.1. The minimum atomic E-state index is 0.810. The molecule has 0 atom stereocenters. The van der Waals surface area contributed by atoms with Gasteiger partial charge in [0.25, 0.3) is 0 Å². The normalized spacial score (nSPS) is 10.7. The molecule has 2 heterocycles. The summed E-state index contributed by atoms with van der Waals surface area (Å²) < 4.78 is 0. The monoisotopic (exact) mass is 295 g/mol. The van der Waals surface area contributed by atoms with Crippen molar-refractivity contribution in [3.05, 3.63) is 71.5 Å². The van der Waals surface area contributed by atoms with Crippen LogP contribution in [0.3, 0.4) is 0 Å². The third-order valence-electron chi connectivity index (χ3n) is 3.18. The third-order valence-corrected chi connectivity index (χ3v) is 4.20. The molecule has 21 heavy (non-hydrogen) atoms. The molecule has 3 rings (SSSR count). The first-order chi connectivity index (χ1) is 10.4. The number of pyridine rings is 1. The van der Waals surface area contributed by atoms with E-state index < -0.39 is 0 Å². The molecule has 0 aliphatic rings. The van der Waals surface area contributed by atoms with Crippen LogP contribution in [0.15, 0.2) is 60.9 Å². The van der Waals surface area contributed by atoms with E-state index >= 15 is 0 Å². The second-order valence-electron chi connectivity index (χ2n) is 4.75. The summed E-state index contributed by atoms with van der Waals surface area (Å²) in [6, 6.07) is 16.5. The standard InChI is InChI=1S/C17H17N3S/c1-2-6-14(7-3-1)9-11-18-13-17-20-12-16(21-17)15-8-4-5-10-19-15/h1-8,10,12,18H,9,11,13H2. The molecule has 3 nitrogen and oxygen atoms in total. The summed E-state index contributed by atoms with van der Waals surface area (Å²) in [4.78, 5) is 9.92. The van der Waals surface area contributed by atoms with Crippen molar-refractivity contribution in [2.75, 3.05) is 6.54 Å². The van der Waals surface area contributed by atoms with E-state index in [2.05, 4.69) is 39.6 Å². The summed E-state index contributed by atoms with van der Waals surface area (Å²) in [6.45, 7) is 1.77. The molecular weight excluding hydrogens is 278 g/mol. The van der Waals surface area contributed by atoms with Crippen molar-refractivity contribution < 1.29 is 0 Å². The van der Waals surface area contributed by atoms with Crippen molar-refractivity contribution in [3.63, 3.8) is 0 Å². The molecule has 0 saturated heterocycles. The highest BCUT2D eigenvalue weighted by Gasteiger charge is 2.04. The van der Waals surface area contributed by atoms with Gasteiger partial charge >= 0.3 is 0 Å². The predicted octanol–water partition coefficient (Wildman–Crippen LogP) is 3.54. The summed E-state index contributed by atoms with van der Waals surface area (Å²) in [7, 11) is 0. The van der Waals surface area contributed by atoms with Gasteiger partial charge in [0.1, 0.15) is 5.01 Å². The molecule has 1 aromatic carbocycles. The van der Waals surface area contributed by atoms with E-state index in [1.54, 1.807) is 11.3 Å². The van der Waals surface area contributed by atoms with Crippen LogP contribution >= 0.6 is 11.3 Å². The average molecular weight is 295 g/mol. The van der Waals surface area contributed by atoms with Crippen molar-refractivity contribution >= 4 is 11.3 Å². The molecule has 3 aromatic rings. The van der Waals surface area contributed by atoms with E-state index in [1.807, 2.05) is 36.7 Å². The van der Waals surface area contributed by atoms with E-state index in [1.165, 1.54) is 5.56 Å². The highest BCUT2D eigenvalue weighted by Crippen LogP contribution is 2.23. The number of rotatable bonds is 6. The van der Waals surface area contributed by atoms with Crippen LogP contribution in [-0.4, -0.2) is 16.5 Å². The lowest BCUT2D eigenvalue weighted by Crippen LogP contribution is -2.16. The van der Waals surface area contributed by atoms with Gasteiger partial charge in [-0.05, 0) is 30.7 Å². The first kappa shape index (κ1) is 13.9. The van der Waals surface area contributed by atoms with E-state index in [4.69, 9.17) is 0 Å². The summed E-state index contributed by atoms with van der Waals surface area (Å²) in [5.41, 5.74) is 2.35. The summed E-state index contributed by atoms with van der Waals surface area (Å²) in [6.07, 6.45) is 4.76. The lowest BCUT2D eigenvalue weighted by molar-refractivity contribution is 0.684. The van der Waals surface area contributed by atoms with Gasteiger partial charge in [-0.1, -0.05) is 36.4 Å². The zero-order valence-electron chi connectivity index (χ0n) is 11.7. The Morgan fingerprint density at radius 1 is 0.952 bits per heavy atom. The first-order valence-corrected chi connectivity index (χ1v) is 7.84. The summed E-state index contributed by atoms with van der Waals surface area (Å²) in [5, 5.41) is 4.54. The molecule has 1 N–H and O–H groups in total. The largest absolute Gasteiger partial charge is 0.310 e. The van der Waals surface area contributed by atoms with Gasteiger partial charge in [-0.25, -0.2) is 4.98 Å². The maximum absolute atomic E-state index is 4.45. The molecule has 0 radical (unpaired) electrons. The Morgan fingerprint density at radius 3 is 2.62 bits per heavy atom. The van der Waals surface area contributed by atoms with Crippen molar-refractivity contribution in [3.8, 4) is 10.6 Å². The zero-order valence-corrected chi connectivity index (χ0v) is 12.5. The fraction of sp³-hybridized carbons (Fsp3) is 0.176.